The Morgan fingerprint density at radius 1 is 1.23 bits per heavy atom. The molecule has 0 bridgehead atoms. The molecule has 0 aliphatic carbocycles. The third-order valence-corrected chi connectivity index (χ3v) is 5.68. The lowest BCUT2D eigenvalue weighted by Crippen LogP contribution is -2.53. The molecule has 7 nitrogen and oxygen atoms in total. The lowest BCUT2D eigenvalue weighted by atomic mass is 10.1. The first kappa shape index (κ1) is 25.2. The van der Waals surface area contributed by atoms with E-state index in [1.165, 1.54) is 5.56 Å². The third-order valence-electron chi connectivity index (χ3n) is 5.43. The molecule has 9 heteroatoms. The molecule has 168 valence electrons. The van der Waals surface area contributed by atoms with Crippen LogP contribution in [0.2, 0.25) is 5.02 Å². The zero-order valence-corrected chi connectivity index (χ0v) is 20.9. The highest BCUT2D eigenvalue weighted by Crippen LogP contribution is 2.14. The van der Waals surface area contributed by atoms with Gasteiger partial charge in [0.15, 0.2) is 5.96 Å². The Bertz CT molecular complexity index is 687. The van der Waals surface area contributed by atoms with Gasteiger partial charge in [0.25, 0.3) is 0 Å². The summed E-state index contributed by atoms with van der Waals surface area (Å²) >= 11 is 5.98. The molecule has 2 aliphatic heterocycles. The van der Waals surface area contributed by atoms with E-state index in [1.54, 1.807) is 19.0 Å². The van der Waals surface area contributed by atoms with Crippen molar-refractivity contribution < 1.29 is 9.53 Å². The first-order chi connectivity index (χ1) is 14.0. The van der Waals surface area contributed by atoms with E-state index in [2.05, 4.69) is 32.2 Å². The van der Waals surface area contributed by atoms with Crippen LogP contribution in [0.4, 0.5) is 0 Å². The van der Waals surface area contributed by atoms with Crippen LogP contribution in [0.25, 0.3) is 0 Å². The Morgan fingerprint density at radius 2 is 1.93 bits per heavy atom. The van der Waals surface area contributed by atoms with E-state index < -0.39 is 0 Å². The molecular weight excluding hydrogens is 517 g/mol. The quantitative estimate of drug-likeness (QED) is 0.335. The van der Waals surface area contributed by atoms with Crippen molar-refractivity contribution in [3.8, 4) is 0 Å². The van der Waals surface area contributed by atoms with Crippen LogP contribution in [0, 0.1) is 5.92 Å². The number of benzene rings is 1. The number of hydrogen-bond acceptors (Lipinski definition) is 4. The van der Waals surface area contributed by atoms with Crippen molar-refractivity contribution in [3.05, 3.63) is 34.9 Å². The van der Waals surface area contributed by atoms with E-state index in [-0.39, 0.29) is 36.4 Å². The van der Waals surface area contributed by atoms with Crippen LogP contribution in [0.5, 0.6) is 0 Å². The van der Waals surface area contributed by atoms with Gasteiger partial charge in [-0.2, -0.15) is 0 Å². The van der Waals surface area contributed by atoms with Gasteiger partial charge in [0, 0.05) is 70.9 Å². The number of likely N-dealkylation sites (N-methyl/N-ethyl adjacent to an activating group) is 1. The molecule has 1 aromatic rings. The van der Waals surface area contributed by atoms with Gasteiger partial charge in [-0.1, -0.05) is 23.7 Å². The van der Waals surface area contributed by atoms with Crippen molar-refractivity contribution in [2.75, 3.05) is 66.6 Å². The van der Waals surface area contributed by atoms with E-state index in [4.69, 9.17) is 16.3 Å². The largest absolute Gasteiger partial charge is 0.381 e. The molecule has 0 spiro atoms. The van der Waals surface area contributed by atoms with Gasteiger partial charge in [-0.25, -0.2) is 4.99 Å². The van der Waals surface area contributed by atoms with Gasteiger partial charge in [-0.3, -0.25) is 9.69 Å². The normalized spacial score (nSPS) is 20.0. The molecule has 1 amide bonds. The van der Waals surface area contributed by atoms with Crippen molar-refractivity contribution in [3.63, 3.8) is 0 Å². The number of carbonyl (C=O) groups excluding carboxylic acids is 1. The highest BCUT2D eigenvalue weighted by Gasteiger charge is 2.22. The Labute approximate surface area is 201 Å². The second-order valence-corrected chi connectivity index (χ2v) is 8.36. The molecule has 0 saturated carbocycles. The molecule has 0 radical (unpaired) electrons. The molecule has 2 saturated heterocycles. The average molecular weight is 550 g/mol. The van der Waals surface area contributed by atoms with Crippen LogP contribution >= 0.6 is 35.6 Å². The lowest BCUT2D eigenvalue weighted by Gasteiger charge is -2.37. The molecule has 1 aromatic carbocycles. The Balaban J connectivity index is 0.00000320. The third kappa shape index (κ3) is 7.86. The van der Waals surface area contributed by atoms with Crippen molar-refractivity contribution in [1.29, 1.82) is 0 Å². The van der Waals surface area contributed by atoms with Crippen LogP contribution < -0.4 is 5.32 Å². The smallest absolute Gasteiger partial charge is 0.243 e. The fourth-order valence-electron chi connectivity index (χ4n) is 3.50. The maximum Gasteiger partial charge on any atom is 0.243 e. The van der Waals surface area contributed by atoms with E-state index >= 15 is 0 Å². The number of carbonyl (C=O) groups is 1. The summed E-state index contributed by atoms with van der Waals surface area (Å²) < 4.78 is 5.47. The summed E-state index contributed by atoms with van der Waals surface area (Å²) in [5, 5.41) is 4.26. The Hall–Kier alpha value is -1.10. The van der Waals surface area contributed by atoms with Crippen LogP contribution in [-0.4, -0.2) is 93.1 Å². The topological polar surface area (TPSA) is 60.4 Å². The van der Waals surface area contributed by atoms with Crippen molar-refractivity contribution in [2.24, 2.45) is 10.9 Å². The molecule has 2 aliphatic rings. The second-order valence-electron chi connectivity index (χ2n) is 7.93. The second kappa shape index (κ2) is 12.7. The summed E-state index contributed by atoms with van der Waals surface area (Å²) in [5.41, 5.74) is 1.27. The van der Waals surface area contributed by atoms with Crippen LogP contribution in [-0.2, 0) is 16.1 Å². The monoisotopic (exact) mass is 549 g/mol. The molecule has 1 unspecified atom stereocenters. The van der Waals surface area contributed by atoms with Crippen LogP contribution in [0.3, 0.4) is 0 Å². The predicted octanol–water partition coefficient (Wildman–Crippen LogP) is 2.15. The maximum absolute atomic E-state index is 12.0. The lowest BCUT2D eigenvalue weighted by molar-refractivity contribution is -0.127. The minimum Gasteiger partial charge on any atom is -0.381 e. The number of nitrogens with zero attached hydrogens (tertiary/aromatic N) is 4. The van der Waals surface area contributed by atoms with Gasteiger partial charge in [-0.05, 0) is 24.1 Å². The summed E-state index contributed by atoms with van der Waals surface area (Å²) in [6.45, 7) is 7.24. The van der Waals surface area contributed by atoms with Crippen molar-refractivity contribution >= 4 is 47.4 Å². The van der Waals surface area contributed by atoms with E-state index in [0.717, 1.165) is 69.9 Å². The fourth-order valence-corrected chi connectivity index (χ4v) is 3.62. The van der Waals surface area contributed by atoms with Gasteiger partial charge in [-0.15, -0.1) is 24.0 Å². The summed E-state index contributed by atoms with van der Waals surface area (Å²) in [5.74, 6) is 1.35. The number of halogens is 2. The highest BCUT2D eigenvalue weighted by atomic mass is 127. The van der Waals surface area contributed by atoms with Crippen molar-refractivity contribution in [2.45, 2.75) is 13.0 Å². The summed E-state index contributed by atoms with van der Waals surface area (Å²) in [7, 11) is 3.52. The Morgan fingerprint density at radius 3 is 2.53 bits per heavy atom. The number of nitrogens with one attached hydrogen (secondary N) is 1. The predicted molar refractivity (Wildman–Crippen MR) is 132 cm³/mol. The number of guanidine groups is 1. The van der Waals surface area contributed by atoms with Gasteiger partial charge in [0.2, 0.25) is 5.91 Å². The number of piperazine rings is 1. The Kier molecular flexibility index (Phi) is 10.6. The average Bonchev–Trinajstić information content (AvgIpc) is 3.24. The molecule has 1 atom stereocenters. The van der Waals surface area contributed by atoms with E-state index in [9.17, 15) is 4.79 Å². The summed E-state index contributed by atoms with van der Waals surface area (Å²) in [6.07, 6.45) is 1.08. The van der Waals surface area contributed by atoms with Crippen LogP contribution in [0.1, 0.15) is 12.0 Å². The molecular formula is C21H33ClIN5O2. The maximum atomic E-state index is 12.0. The number of aliphatic imine (C=N–C) groups is 1. The van der Waals surface area contributed by atoms with E-state index in [0.29, 0.717) is 5.92 Å². The zero-order valence-electron chi connectivity index (χ0n) is 17.8. The first-order valence-corrected chi connectivity index (χ1v) is 10.7. The first-order valence-electron chi connectivity index (χ1n) is 10.3. The number of rotatable bonds is 6. The molecule has 2 fully saturated rings. The fraction of sp³-hybridized carbons (Fsp3) is 0.619. The summed E-state index contributed by atoms with van der Waals surface area (Å²) in [4.78, 5) is 22.9. The number of ether oxygens (including phenoxy) is 1. The standard InChI is InChI=1S/C21H32ClN5O2.HI/c1-25(2)20(28)14-24-21(23-13-18-7-12-29-16-18)27-10-8-26(9-11-27)15-17-3-5-19(22)6-4-17;/h3-6,18H,7-16H2,1-2H3,(H,23,24);1H. The minimum atomic E-state index is 0. The highest BCUT2D eigenvalue weighted by molar-refractivity contribution is 14.0. The molecule has 2 heterocycles. The number of hydrogen-bond donors (Lipinski definition) is 1. The minimum absolute atomic E-state index is 0. The van der Waals surface area contributed by atoms with Crippen molar-refractivity contribution in [1.82, 2.24) is 20.0 Å². The summed E-state index contributed by atoms with van der Waals surface area (Å²) in [6, 6.07) is 8.05. The van der Waals surface area contributed by atoms with Crippen LogP contribution in [0.15, 0.2) is 29.3 Å². The molecule has 3 rings (SSSR count). The number of amides is 1. The zero-order chi connectivity index (χ0) is 20.6. The molecule has 30 heavy (non-hydrogen) atoms. The van der Waals surface area contributed by atoms with Gasteiger partial charge in [0.1, 0.15) is 6.54 Å². The van der Waals surface area contributed by atoms with Gasteiger partial charge in [0.05, 0.1) is 6.61 Å². The van der Waals surface area contributed by atoms with Gasteiger partial charge >= 0.3 is 0 Å². The molecule has 1 N–H and O–H groups in total. The van der Waals surface area contributed by atoms with Gasteiger partial charge < -0.3 is 19.9 Å². The molecule has 0 aromatic heterocycles. The SMILES string of the molecule is CN(C)C(=O)CN=C(NCC1CCOC1)N1CCN(Cc2ccc(Cl)cc2)CC1.I. The van der Waals surface area contributed by atoms with E-state index in [1.807, 2.05) is 12.1 Å².